The van der Waals surface area contributed by atoms with Gasteiger partial charge < -0.3 is 5.32 Å². The number of hydrogen-bond donors (Lipinski definition) is 1. The van der Waals surface area contributed by atoms with Crippen LogP contribution in [0.2, 0.25) is 0 Å². The molecule has 2 heteroatoms. The summed E-state index contributed by atoms with van der Waals surface area (Å²) in [7, 11) is 0. The number of rotatable bonds is 3. The maximum Gasteiger partial charge on any atom is 0.0722 e. The number of benzene rings is 1. The van der Waals surface area contributed by atoms with E-state index in [1.807, 2.05) is 12.3 Å². The normalized spacial score (nSPS) is 23.2. The second-order valence-corrected chi connectivity index (χ2v) is 6.73. The molecule has 1 aliphatic rings. The van der Waals surface area contributed by atoms with Crippen LogP contribution in [0.3, 0.4) is 0 Å². The maximum atomic E-state index is 4.45. The van der Waals surface area contributed by atoms with Crippen molar-refractivity contribution in [2.75, 3.05) is 5.32 Å². The van der Waals surface area contributed by atoms with E-state index in [4.69, 9.17) is 0 Å². The van der Waals surface area contributed by atoms with E-state index in [-0.39, 0.29) is 0 Å². The lowest BCUT2D eigenvalue weighted by atomic mass is 9.89. The molecule has 1 aromatic carbocycles. The molecule has 3 rings (SSSR count). The van der Waals surface area contributed by atoms with Gasteiger partial charge in [-0.3, -0.25) is 4.98 Å². The second-order valence-electron chi connectivity index (χ2n) is 6.73. The quantitative estimate of drug-likeness (QED) is 0.777. The number of fused-ring (bicyclic) bond motifs is 1. The van der Waals surface area contributed by atoms with Gasteiger partial charge in [0.1, 0.15) is 0 Å². The van der Waals surface area contributed by atoms with E-state index in [0.29, 0.717) is 6.04 Å². The molecule has 0 spiro atoms. The highest BCUT2D eigenvalue weighted by atomic mass is 14.9. The third-order valence-corrected chi connectivity index (χ3v) is 4.96. The summed E-state index contributed by atoms with van der Waals surface area (Å²) in [4.78, 5) is 4.45. The van der Waals surface area contributed by atoms with Gasteiger partial charge in [-0.05, 0) is 55.4 Å². The van der Waals surface area contributed by atoms with Crippen molar-refractivity contribution in [3.8, 4) is 0 Å². The molecular weight excluding hydrogens is 256 g/mol. The monoisotopic (exact) mass is 282 g/mol. The average Bonchev–Trinajstić information content (AvgIpc) is 2.73. The summed E-state index contributed by atoms with van der Waals surface area (Å²) in [5.41, 5.74) is 2.32. The Kier molecular flexibility index (Phi) is 4.42. The van der Waals surface area contributed by atoms with E-state index in [1.165, 1.54) is 43.2 Å². The highest BCUT2D eigenvalue weighted by molar-refractivity contribution is 5.91. The zero-order valence-corrected chi connectivity index (χ0v) is 13.2. The van der Waals surface area contributed by atoms with Gasteiger partial charge in [-0.2, -0.15) is 0 Å². The van der Waals surface area contributed by atoms with Crippen LogP contribution >= 0.6 is 0 Å². The Morgan fingerprint density at radius 2 is 1.95 bits per heavy atom. The average molecular weight is 282 g/mol. The van der Waals surface area contributed by atoms with Gasteiger partial charge in [0.25, 0.3) is 0 Å². The first kappa shape index (κ1) is 14.4. The van der Waals surface area contributed by atoms with Crippen molar-refractivity contribution < 1.29 is 0 Å². The van der Waals surface area contributed by atoms with Crippen molar-refractivity contribution in [1.29, 1.82) is 0 Å². The first-order valence-electron chi connectivity index (χ1n) is 8.34. The minimum Gasteiger partial charge on any atom is -0.382 e. The number of nitrogens with zero attached hydrogens (tertiary/aromatic N) is 1. The molecule has 2 unspecified atom stereocenters. The number of pyridine rings is 1. The Morgan fingerprint density at radius 3 is 2.81 bits per heavy atom. The molecule has 1 aromatic heterocycles. The third kappa shape index (κ3) is 3.37. The fourth-order valence-corrected chi connectivity index (χ4v) is 3.59. The van der Waals surface area contributed by atoms with Gasteiger partial charge in [-0.25, -0.2) is 0 Å². The molecule has 1 heterocycles. The smallest absolute Gasteiger partial charge is 0.0722 e. The summed E-state index contributed by atoms with van der Waals surface area (Å²) < 4.78 is 0. The van der Waals surface area contributed by atoms with Crippen LogP contribution in [0.5, 0.6) is 0 Å². The van der Waals surface area contributed by atoms with Crippen LogP contribution in [-0.4, -0.2) is 11.0 Å². The van der Waals surface area contributed by atoms with Gasteiger partial charge in [-0.15, -0.1) is 0 Å². The summed E-state index contributed by atoms with van der Waals surface area (Å²) in [6, 6.07) is 11.2. The Hall–Kier alpha value is -1.57. The Morgan fingerprint density at radius 1 is 1.05 bits per heavy atom. The molecule has 2 atom stereocenters. The van der Waals surface area contributed by atoms with E-state index in [2.05, 4.69) is 48.4 Å². The number of nitrogens with one attached hydrogen (secondary N) is 1. The van der Waals surface area contributed by atoms with Crippen molar-refractivity contribution in [1.82, 2.24) is 4.98 Å². The molecule has 0 saturated heterocycles. The van der Waals surface area contributed by atoms with E-state index < -0.39 is 0 Å². The minimum atomic E-state index is 0.611. The second kappa shape index (κ2) is 6.46. The van der Waals surface area contributed by atoms with Crippen molar-refractivity contribution in [3.63, 3.8) is 0 Å². The third-order valence-electron chi connectivity index (χ3n) is 4.96. The fourth-order valence-electron chi connectivity index (χ4n) is 3.59. The lowest BCUT2D eigenvalue weighted by molar-refractivity contribution is 0.341. The lowest BCUT2D eigenvalue weighted by Crippen LogP contribution is -2.19. The largest absolute Gasteiger partial charge is 0.382 e. The molecule has 2 aromatic rings. The molecule has 2 nitrogen and oxygen atoms in total. The molecule has 0 radical (unpaired) electrons. The summed E-state index contributed by atoms with van der Waals surface area (Å²) >= 11 is 0. The Balaban J connectivity index is 1.73. The molecule has 112 valence electrons. The van der Waals surface area contributed by atoms with Crippen LogP contribution in [0.4, 0.5) is 5.69 Å². The van der Waals surface area contributed by atoms with Gasteiger partial charge in [0, 0.05) is 23.3 Å². The standard InChI is InChI=1S/C19H26N2/c1-14(2)15-6-3-7-16(12-11-15)21-19-10-4-9-18-17(19)8-5-13-20-18/h4-5,8-10,13-16,21H,3,6-7,11-12H2,1-2H3. The Labute approximate surface area is 128 Å². The SMILES string of the molecule is CC(C)C1CCCC(Nc2cccc3ncccc23)CC1. The van der Waals surface area contributed by atoms with Gasteiger partial charge in [-0.1, -0.05) is 32.8 Å². The van der Waals surface area contributed by atoms with E-state index in [0.717, 1.165) is 17.4 Å². The molecule has 0 aliphatic heterocycles. The number of aromatic nitrogens is 1. The van der Waals surface area contributed by atoms with Crippen molar-refractivity contribution in [2.45, 2.75) is 52.0 Å². The zero-order valence-electron chi connectivity index (χ0n) is 13.2. The summed E-state index contributed by atoms with van der Waals surface area (Å²) in [5, 5.41) is 5.02. The topological polar surface area (TPSA) is 24.9 Å². The summed E-state index contributed by atoms with van der Waals surface area (Å²) in [6.07, 6.45) is 8.55. The lowest BCUT2D eigenvalue weighted by Gasteiger charge is -2.20. The van der Waals surface area contributed by atoms with Crippen LogP contribution in [0.1, 0.15) is 46.0 Å². The molecule has 1 aliphatic carbocycles. The molecule has 1 N–H and O–H groups in total. The Bertz CT molecular complexity index is 586. The maximum absolute atomic E-state index is 4.45. The van der Waals surface area contributed by atoms with Crippen molar-refractivity contribution >= 4 is 16.6 Å². The minimum absolute atomic E-state index is 0.611. The van der Waals surface area contributed by atoms with Crippen LogP contribution < -0.4 is 5.32 Å². The zero-order chi connectivity index (χ0) is 14.7. The van der Waals surface area contributed by atoms with Crippen molar-refractivity contribution in [3.05, 3.63) is 36.5 Å². The van der Waals surface area contributed by atoms with Gasteiger partial charge in [0.2, 0.25) is 0 Å². The molecule has 0 bridgehead atoms. The van der Waals surface area contributed by atoms with Crippen LogP contribution in [0.25, 0.3) is 10.9 Å². The highest BCUT2D eigenvalue weighted by Crippen LogP contribution is 2.31. The summed E-state index contributed by atoms with van der Waals surface area (Å²) in [6.45, 7) is 4.74. The highest BCUT2D eigenvalue weighted by Gasteiger charge is 2.21. The number of hydrogen-bond acceptors (Lipinski definition) is 2. The molecular formula is C19H26N2. The van der Waals surface area contributed by atoms with Gasteiger partial charge in [0.15, 0.2) is 0 Å². The molecule has 21 heavy (non-hydrogen) atoms. The molecule has 1 fully saturated rings. The predicted octanol–water partition coefficient (Wildman–Crippen LogP) is 5.25. The fraction of sp³-hybridized carbons (Fsp3) is 0.526. The summed E-state index contributed by atoms with van der Waals surface area (Å²) in [5.74, 6) is 1.73. The molecule has 0 amide bonds. The van der Waals surface area contributed by atoms with Gasteiger partial charge >= 0.3 is 0 Å². The predicted molar refractivity (Wildman–Crippen MR) is 90.6 cm³/mol. The van der Waals surface area contributed by atoms with Crippen LogP contribution in [-0.2, 0) is 0 Å². The first-order chi connectivity index (χ1) is 10.2. The number of anilines is 1. The van der Waals surface area contributed by atoms with Crippen molar-refractivity contribution in [2.24, 2.45) is 11.8 Å². The van der Waals surface area contributed by atoms with Gasteiger partial charge in [0.05, 0.1) is 5.52 Å². The van der Waals surface area contributed by atoms with E-state index >= 15 is 0 Å². The van der Waals surface area contributed by atoms with E-state index in [1.54, 1.807) is 0 Å². The van der Waals surface area contributed by atoms with Crippen LogP contribution in [0, 0.1) is 11.8 Å². The van der Waals surface area contributed by atoms with E-state index in [9.17, 15) is 0 Å². The molecule has 1 saturated carbocycles. The van der Waals surface area contributed by atoms with Crippen LogP contribution in [0.15, 0.2) is 36.5 Å². The first-order valence-corrected chi connectivity index (χ1v) is 8.34.